The summed E-state index contributed by atoms with van der Waals surface area (Å²) in [6, 6.07) is 58.8. The van der Waals surface area contributed by atoms with Crippen molar-refractivity contribution in [3.8, 4) is 0 Å². The summed E-state index contributed by atoms with van der Waals surface area (Å²) in [7, 11) is -3.55. The molecule has 0 bridgehead atoms. The predicted molar refractivity (Wildman–Crippen MR) is 179 cm³/mol. The number of para-hydroxylation sites is 1. The van der Waals surface area contributed by atoms with Gasteiger partial charge in [-0.05, 0) is 38.8 Å². The zero-order valence-corrected chi connectivity index (χ0v) is 25.0. The summed E-state index contributed by atoms with van der Waals surface area (Å²) in [5.74, 6) is -0.271. The van der Waals surface area contributed by atoms with Crippen molar-refractivity contribution in [2.75, 3.05) is 4.90 Å². The summed E-state index contributed by atoms with van der Waals surface area (Å²) in [6.45, 7) is 0. The van der Waals surface area contributed by atoms with E-state index in [1.807, 2.05) is 146 Å². The molecular formula is C39H30N2O2Si. The largest absolute Gasteiger partial charge is 0.325 e. The number of hydrogen-bond acceptors (Lipinski definition) is 2. The molecule has 1 aliphatic heterocycles. The molecular weight excluding hydrogens is 557 g/mol. The zero-order chi connectivity index (χ0) is 30.0. The second kappa shape index (κ2) is 11.3. The van der Waals surface area contributed by atoms with Crippen LogP contribution in [0, 0.1) is 0 Å². The molecule has 0 spiro atoms. The first kappa shape index (κ1) is 27.3. The quantitative estimate of drug-likeness (QED) is 0.130. The number of carbonyl (C=O) groups excluding carboxylic acids is 2. The normalized spacial score (nSPS) is 14.5. The molecule has 3 amide bonds. The summed E-state index contributed by atoms with van der Waals surface area (Å²) >= 11 is 0. The minimum absolute atomic E-state index is 0.271. The summed E-state index contributed by atoms with van der Waals surface area (Å²) in [5.41, 5.74) is 0.663. The molecule has 4 nitrogen and oxygen atoms in total. The van der Waals surface area contributed by atoms with Crippen molar-refractivity contribution in [1.82, 2.24) is 4.57 Å². The third kappa shape index (κ3) is 4.05. The van der Waals surface area contributed by atoms with Crippen LogP contribution in [0.1, 0.15) is 11.1 Å². The molecule has 1 heterocycles. The van der Waals surface area contributed by atoms with Gasteiger partial charge in [-0.1, -0.05) is 170 Å². The van der Waals surface area contributed by atoms with E-state index in [0.29, 0.717) is 5.69 Å². The van der Waals surface area contributed by atoms with Crippen LogP contribution in [0.25, 0.3) is 0 Å². The Balaban J connectivity index is 1.64. The second-order valence-electron chi connectivity index (χ2n) is 10.8. The van der Waals surface area contributed by atoms with Crippen molar-refractivity contribution in [2.45, 2.75) is 5.54 Å². The van der Waals surface area contributed by atoms with Gasteiger partial charge in [-0.3, -0.25) is 14.3 Å². The molecule has 44 heavy (non-hydrogen) atoms. The fourth-order valence-corrected chi connectivity index (χ4v) is 11.4. The topological polar surface area (TPSA) is 40.6 Å². The SMILES string of the molecule is O=C1N(c2ccccc2)C(c2ccccc2)(c2ccccc2)C(=O)N1[Si](c1ccccc1)(c1ccccc1)c1ccccc1. The molecule has 7 rings (SSSR count). The van der Waals surface area contributed by atoms with E-state index >= 15 is 9.59 Å². The fraction of sp³-hybridized carbons (Fsp3) is 0.0256. The first-order valence-electron chi connectivity index (χ1n) is 14.7. The minimum Gasteiger partial charge on any atom is -0.277 e. The Morgan fingerprint density at radius 1 is 0.409 bits per heavy atom. The van der Waals surface area contributed by atoms with Gasteiger partial charge in [0.15, 0.2) is 5.54 Å². The molecule has 0 aromatic heterocycles. The average Bonchev–Trinajstić information content (AvgIpc) is 3.34. The van der Waals surface area contributed by atoms with Gasteiger partial charge in [0.2, 0.25) is 0 Å². The molecule has 5 heteroatoms. The van der Waals surface area contributed by atoms with Crippen molar-refractivity contribution in [3.63, 3.8) is 0 Å². The van der Waals surface area contributed by atoms with E-state index in [4.69, 9.17) is 0 Å². The Morgan fingerprint density at radius 3 is 1.09 bits per heavy atom. The maximum absolute atomic E-state index is 15.9. The summed E-state index contributed by atoms with van der Waals surface area (Å²) < 4.78 is 1.64. The summed E-state index contributed by atoms with van der Waals surface area (Å²) in [4.78, 5) is 33.1. The van der Waals surface area contributed by atoms with E-state index in [9.17, 15) is 0 Å². The predicted octanol–water partition coefficient (Wildman–Crippen LogP) is 6.07. The summed E-state index contributed by atoms with van der Waals surface area (Å²) in [6.07, 6.45) is 0. The monoisotopic (exact) mass is 586 g/mol. The molecule has 0 atom stereocenters. The van der Waals surface area contributed by atoms with Crippen LogP contribution < -0.4 is 20.5 Å². The molecule has 6 aromatic rings. The van der Waals surface area contributed by atoms with Crippen LogP contribution >= 0.6 is 0 Å². The number of urea groups is 1. The fourth-order valence-electron chi connectivity index (χ4n) is 6.72. The van der Waals surface area contributed by atoms with Gasteiger partial charge in [-0.15, -0.1) is 0 Å². The number of carbonyl (C=O) groups is 2. The van der Waals surface area contributed by atoms with Gasteiger partial charge in [0.1, 0.15) is 0 Å². The molecule has 0 N–H and O–H groups in total. The number of hydrogen-bond donors (Lipinski definition) is 0. The average molecular weight is 587 g/mol. The Bertz CT molecular complexity index is 1750. The van der Waals surface area contributed by atoms with Crippen molar-refractivity contribution in [2.24, 2.45) is 0 Å². The van der Waals surface area contributed by atoms with Crippen molar-refractivity contribution in [3.05, 3.63) is 193 Å². The van der Waals surface area contributed by atoms with Crippen molar-refractivity contribution in [1.29, 1.82) is 0 Å². The van der Waals surface area contributed by atoms with Gasteiger partial charge in [-0.2, -0.15) is 0 Å². The Kier molecular flexibility index (Phi) is 7.01. The third-order valence-electron chi connectivity index (χ3n) is 8.54. The van der Waals surface area contributed by atoms with E-state index in [-0.39, 0.29) is 11.9 Å². The Hall–Kier alpha value is -5.52. The van der Waals surface area contributed by atoms with Crippen LogP contribution in [-0.2, 0) is 10.3 Å². The summed E-state index contributed by atoms with van der Waals surface area (Å²) in [5, 5.41) is 2.84. The number of rotatable bonds is 7. The Morgan fingerprint density at radius 2 is 0.727 bits per heavy atom. The van der Waals surface area contributed by atoms with Crippen molar-refractivity contribution < 1.29 is 9.59 Å². The van der Waals surface area contributed by atoms with Crippen LogP contribution in [-0.4, -0.2) is 24.7 Å². The molecule has 0 aliphatic carbocycles. The molecule has 6 aromatic carbocycles. The lowest BCUT2D eigenvalue weighted by atomic mass is 9.81. The number of anilines is 1. The molecule has 1 saturated heterocycles. The van der Waals surface area contributed by atoms with E-state index in [1.54, 1.807) is 9.47 Å². The van der Waals surface area contributed by atoms with Gasteiger partial charge in [-0.25, -0.2) is 4.79 Å². The van der Waals surface area contributed by atoms with Gasteiger partial charge >= 0.3 is 6.03 Å². The molecule has 1 fully saturated rings. The lowest BCUT2D eigenvalue weighted by Crippen LogP contribution is -2.78. The van der Waals surface area contributed by atoms with Gasteiger partial charge in [0, 0.05) is 5.69 Å². The number of imide groups is 1. The molecule has 0 radical (unpaired) electrons. The van der Waals surface area contributed by atoms with Crippen LogP contribution in [0.4, 0.5) is 10.5 Å². The molecule has 1 aliphatic rings. The van der Waals surface area contributed by atoms with Crippen LogP contribution in [0.3, 0.4) is 0 Å². The van der Waals surface area contributed by atoms with E-state index in [2.05, 4.69) is 36.4 Å². The standard InChI is InChI=1S/C39H30N2O2Si/c42-37-39(31-19-7-1-8-20-31,32-21-9-2-10-22-32)40(33-23-11-3-12-24-33)38(43)41(37)44(34-25-13-4-14-26-34,35-27-15-5-16-28-35)36-29-17-6-18-30-36/h1-30H. The molecule has 212 valence electrons. The van der Waals surface area contributed by atoms with E-state index in [0.717, 1.165) is 26.7 Å². The van der Waals surface area contributed by atoms with Gasteiger partial charge in [0.25, 0.3) is 14.1 Å². The lowest BCUT2D eigenvalue weighted by molar-refractivity contribution is -0.126. The maximum atomic E-state index is 15.9. The first-order chi connectivity index (χ1) is 21.7. The highest BCUT2D eigenvalue weighted by molar-refractivity contribution is 7.12. The third-order valence-corrected chi connectivity index (χ3v) is 13.1. The Labute approximate surface area is 258 Å². The van der Waals surface area contributed by atoms with Crippen LogP contribution in [0.2, 0.25) is 0 Å². The van der Waals surface area contributed by atoms with Gasteiger partial charge < -0.3 is 0 Å². The van der Waals surface area contributed by atoms with E-state index in [1.165, 1.54) is 0 Å². The minimum atomic E-state index is -3.55. The smallest absolute Gasteiger partial charge is 0.277 e. The van der Waals surface area contributed by atoms with Gasteiger partial charge in [0.05, 0.1) is 0 Å². The maximum Gasteiger partial charge on any atom is 0.325 e. The number of nitrogens with zero attached hydrogens (tertiary/aromatic N) is 2. The van der Waals surface area contributed by atoms with Crippen LogP contribution in [0.15, 0.2) is 182 Å². The van der Waals surface area contributed by atoms with Crippen LogP contribution in [0.5, 0.6) is 0 Å². The molecule has 0 unspecified atom stereocenters. The highest BCUT2D eigenvalue weighted by atomic mass is 28.3. The second-order valence-corrected chi connectivity index (χ2v) is 14.4. The molecule has 0 saturated carbocycles. The van der Waals surface area contributed by atoms with Crippen molar-refractivity contribution >= 4 is 41.4 Å². The lowest BCUT2D eigenvalue weighted by Gasteiger charge is -2.40. The first-order valence-corrected chi connectivity index (χ1v) is 16.7. The zero-order valence-electron chi connectivity index (χ0n) is 24.0. The number of benzene rings is 6. The van der Waals surface area contributed by atoms with E-state index < -0.39 is 13.8 Å². The highest BCUT2D eigenvalue weighted by Gasteiger charge is 2.66. The number of amides is 3. The highest BCUT2D eigenvalue weighted by Crippen LogP contribution is 2.47.